The predicted octanol–water partition coefficient (Wildman–Crippen LogP) is 2.40. The maximum atomic E-state index is 6.03. The van der Waals surface area contributed by atoms with E-state index in [1.165, 1.54) is 0 Å². The molecule has 0 aliphatic carbocycles. The zero-order chi connectivity index (χ0) is 12.0. The van der Waals surface area contributed by atoms with Crippen molar-refractivity contribution >= 4 is 11.6 Å². The van der Waals surface area contributed by atoms with E-state index in [0.717, 1.165) is 11.3 Å². The van der Waals surface area contributed by atoms with E-state index in [1.807, 2.05) is 6.92 Å². The molecule has 16 heavy (non-hydrogen) atoms. The molecule has 0 heterocycles. The predicted molar refractivity (Wildman–Crippen MR) is 63.0 cm³/mol. The lowest BCUT2D eigenvalue weighted by atomic mass is 10.2. The van der Waals surface area contributed by atoms with Gasteiger partial charge in [0, 0.05) is 18.2 Å². The highest BCUT2D eigenvalue weighted by Gasteiger charge is 2.09. The van der Waals surface area contributed by atoms with Crippen LogP contribution < -0.4 is 15.0 Å². The smallest absolute Gasteiger partial charge is 0.141 e. The Morgan fingerprint density at radius 1 is 1.25 bits per heavy atom. The molecule has 1 N–H and O–H groups in total. The van der Waals surface area contributed by atoms with Crippen LogP contribution in [0.1, 0.15) is 12.5 Å². The van der Waals surface area contributed by atoms with Crippen LogP contribution >= 0.6 is 11.6 Å². The molecule has 5 heteroatoms. The normalized spacial score (nSPS) is 10.2. The Morgan fingerprint density at radius 2 is 2.00 bits per heavy atom. The number of hydrogen-bond acceptors (Lipinski definition) is 4. The van der Waals surface area contributed by atoms with Crippen LogP contribution in [0.2, 0.25) is 5.02 Å². The summed E-state index contributed by atoms with van der Waals surface area (Å²) in [5, 5.41) is 0.554. The lowest BCUT2D eigenvalue weighted by molar-refractivity contribution is 0.0859. The molecule has 90 valence electrons. The van der Waals surface area contributed by atoms with Gasteiger partial charge in [-0.1, -0.05) is 11.6 Å². The van der Waals surface area contributed by atoms with Crippen molar-refractivity contribution < 1.29 is 14.3 Å². The Morgan fingerprint density at radius 3 is 2.56 bits per heavy atom. The third-order valence-corrected chi connectivity index (χ3v) is 2.34. The second-order valence-electron chi connectivity index (χ2n) is 3.05. The number of rotatable bonds is 6. The van der Waals surface area contributed by atoms with Crippen LogP contribution in [0.25, 0.3) is 0 Å². The fourth-order valence-electron chi connectivity index (χ4n) is 1.31. The Balaban J connectivity index is 2.98. The lowest BCUT2D eigenvalue weighted by Gasteiger charge is -2.13. The molecule has 0 radical (unpaired) electrons. The quantitative estimate of drug-likeness (QED) is 0.782. The summed E-state index contributed by atoms with van der Waals surface area (Å²) in [4.78, 5) is 4.80. The van der Waals surface area contributed by atoms with Gasteiger partial charge in [0.15, 0.2) is 0 Å². The van der Waals surface area contributed by atoms with Crippen molar-refractivity contribution in [1.82, 2.24) is 5.48 Å². The van der Waals surface area contributed by atoms with Crippen molar-refractivity contribution in [1.29, 1.82) is 0 Å². The minimum Gasteiger partial charge on any atom is -0.495 e. The van der Waals surface area contributed by atoms with E-state index >= 15 is 0 Å². The van der Waals surface area contributed by atoms with Gasteiger partial charge in [0.1, 0.15) is 11.5 Å². The lowest BCUT2D eigenvalue weighted by Crippen LogP contribution is -2.12. The Labute approximate surface area is 100 Å². The standard InChI is InChI=1S/C11H16ClNO3/c1-4-16-10-6-11(14-2)9(12)5-8(10)7-13-15-3/h5-6,13H,4,7H2,1-3H3. The van der Waals surface area contributed by atoms with Gasteiger partial charge in [-0.05, 0) is 13.0 Å². The summed E-state index contributed by atoms with van der Waals surface area (Å²) in [6.07, 6.45) is 0. The summed E-state index contributed by atoms with van der Waals surface area (Å²) in [6, 6.07) is 3.58. The molecule has 0 fully saturated rings. The van der Waals surface area contributed by atoms with Gasteiger partial charge in [-0.25, -0.2) is 0 Å². The fraction of sp³-hybridized carbons (Fsp3) is 0.455. The molecule has 0 spiro atoms. The Kier molecular flexibility index (Phi) is 5.38. The van der Waals surface area contributed by atoms with Crippen LogP contribution in [-0.4, -0.2) is 20.8 Å². The third-order valence-electron chi connectivity index (χ3n) is 2.04. The van der Waals surface area contributed by atoms with Crippen molar-refractivity contribution in [3.05, 3.63) is 22.7 Å². The number of ether oxygens (including phenoxy) is 2. The molecule has 1 rings (SSSR count). The molecule has 1 aromatic rings. The van der Waals surface area contributed by atoms with Crippen molar-refractivity contribution in [2.24, 2.45) is 0 Å². The molecule has 0 aromatic heterocycles. The molecule has 0 saturated carbocycles. The van der Waals surface area contributed by atoms with Gasteiger partial charge in [0.2, 0.25) is 0 Å². The van der Waals surface area contributed by atoms with E-state index < -0.39 is 0 Å². The SMILES string of the molecule is CCOc1cc(OC)c(Cl)cc1CNOC. The topological polar surface area (TPSA) is 39.7 Å². The summed E-state index contributed by atoms with van der Waals surface area (Å²) < 4.78 is 10.6. The molecule has 0 aliphatic heterocycles. The highest BCUT2D eigenvalue weighted by atomic mass is 35.5. The molecular formula is C11H16ClNO3. The van der Waals surface area contributed by atoms with Crippen LogP contribution in [0.4, 0.5) is 0 Å². The van der Waals surface area contributed by atoms with E-state index in [1.54, 1.807) is 26.4 Å². The average molecular weight is 246 g/mol. The summed E-state index contributed by atoms with van der Waals surface area (Å²) in [7, 11) is 3.13. The Hall–Kier alpha value is -0.970. The van der Waals surface area contributed by atoms with Gasteiger partial charge in [-0.3, -0.25) is 0 Å². The molecule has 0 amide bonds. The molecule has 0 saturated heterocycles. The number of halogens is 1. The highest BCUT2D eigenvalue weighted by molar-refractivity contribution is 6.32. The highest BCUT2D eigenvalue weighted by Crippen LogP contribution is 2.32. The van der Waals surface area contributed by atoms with Crippen LogP contribution in [0.5, 0.6) is 11.5 Å². The van der Waals surface area contributed by atoms with Gasteiger partial charge < -0.3 is 14.3 Å². The average Bonchev–Trinajstić information content (AvgIpc) is 2.29. The van der Waals surface area contributed by atoms with Gasteiger partial charge in [-0.2, -0.15) is 5.48 Å². The van der Waals surface area contributed by atoms with Crippen LogP contribution in [0.15, 0.2) is 12.1 Å². The first kappa shape index (κ1) is 13.1. The van der Waals surface area contributed by atoms with Gasteiger partial charge in [0.25, 0.3) is 0 Å². The van der Waals surface area contributed by atoms with Crippen LogP contribution in [0.3, 0.4) is 0 Å². The zero-order valence-electron chi connectivity index (χ0n) is 9.67. The summed E-state index contributed by atoms with van der Waals surface area (Å²) in [5.74, 6) is 1.35. The second kappa shape index (κ2) is 6.58. The second-order valence-corrected chi connectivity index (χ2v) is 3.46. The number of hydroxylamine groups is 1. The largest absolute Gasteiger partial charge is 0.495 e. The maximum absolute atomic E-state index is 6.03. The first-order chi connectivity index (χ1) is 7.72. The number of nitrogens with one attached hydrogen (secondary N) is 1. The van der Waals surface area contributed by atoms with E-state index in [-0.39, 0.29) is 0 Å². The number of benzene rings is 1. The summed E-state index contributed by atoms with van der Waals surface area (Å²) in [5.41, 5.74) is 3.67. The van der Waals surface area contributed by atoms with Crippen LogP contribution in [-0.2, 0) is 11.4 Å². The minimum atomic E-state index is 0.523. The third kappa shape index (κ3) is 3.27. The van der Waals surface area contributed by atoms with E-state index in [9.17, 15) is 0 Å². The molecular weight excluding hydrogens is 230 g/mol. The first-order valence-corrected chi connectivity index (χ1v) is 5.35. The van der Waals surface area contributed by atoms with Gasteiger partial charge >= 0.3 is 0 Å². The van der Waals surface area contributed by atoms with Gasteiger partial charge in [-0.15, -0.1) is 0 Å². The zero-order valence-corrected chi connectivity index (χ0v) is 10.4. The van der Waals surface area contributed by atoms with E-state index in [0.29, 0.717) is 23.9 Å². The Bertz CT molecular complexity index is 344. The minimum absolute atomic E-state index is 0.523. The fourth-order valence-corrected chi connectivity index (χ4v) is 1.57. The molecule has 0 atom stereocenters. The molecule has 4 nitrogen and oxygen atoms in total. The molecule has 0 aliphatic rings. The maximum Gasteiger partial charge on any atom is 0.141 e. The summed E-state index contributed by atoms with van der Waals surface area (Å²) in [6.45, 7) is 3.04. The van der Waals surface area contributed by atoms with Crippen molar-refractivity contribution in [3.63, 3.8) is 0 Å². The van der Waals surface area contributed by atoms with Crippen molar-refractivity contribution in [2.45, 2.75) is 13.5 Å². The van der Waals surface area contributed by atoms with Crippen molar-refractivity contribution in [3.8, 4) is 11.5 Å². The van der Waals surface area contributed by atoms with Gasteiger partial charge in [0.05, 0.1) is 25.8 Å². The van der Waals surface area contributed by atoms with Crippen LogP contribution in [0, 0.1) is 0 Å². The van der Waals surface area contributed by atoms with Crippen molar-refractivity contribution in [2.75, 3.05) is 20.8 Å². The molecule has 0 unspecified atom stereocenters. The van der Waals surface area contributed by atoms with E-state index in [2.05, 4.69) is 5.48 Å². The number of hydrogen-bond donors (Lipinski definition) is 1. The van der Waals surface area contributed by atoms with E-state index in [4.69, 9.17) is 25.9 Å². The first-order valence-electron chi connectivity index (χ1n) is 4.98. The molecule has 1 aromatic carbocycles. The molecule has 0 bridgehead atoms. The number of methoxy groups -OCH3 is 1. The monoisotopic (exact) mass is 245 g/mol. The summed E-state index contributed by atoms with van der Waals surface area (Å²) >= 11 is 6.03.